The van der Waals surface area contributed by atoms with Crippen LogP contribution in [0.4, 0.5) is 0 Å². The van der Waals surface area contributed by atoms with Gasteiger partial charge in [0.1, 0.15) is 0 Å². The van der Waals surface area contributed by atoms with Crippen LogP contribution in [-0.4, -0.2) is 12.6 Å². The summed E-state index contributed by atoms with van der Waals surface area (Å²) < 4.78 is 0. The number of aryl methyl sites for hydroxylation is 1. The molecule has 0 aromatic carbocycles. The van der Waals surface area contributed by atoms with E-state index in [9.17, 15) is 0 Å². The normalized spacial score (nSPS) is 14.9. The van der Waals surface area contributed by atoms with Crippen LogP contribution < -0.4 is 5.32 Å². The Labute approximate surface area is 110 Å². The molecule has 96 valence electrons. The Morgan fingerprint density at radius 1 is 1.41 bits per heavy atom. The zero-order chi connectivity index (χ0) is 12.9. The molecule has 1 N–H and O–H groups in total. The van der Waals surface area contributed by atoms with E-state index in [1.54, 1.807) is 0 Å². The Balaban J connectivity index is 2.64. The summed E-state index contributed by atoms with van der Waals surface area (Å²) in [5.41, 5.74) is 0.153. The van der Waals surface area contributed by atoms with Gasteiger partial charge in [0.25, 0.3) is 0 Å². The van der Waals surface area contributed by atoms with Gasteiger partial charge in [-0.05, 0) is 25.0 Å². The van der Waals surface area contributed by atoms with Crippen LogP contribution in [0.1, 0.15) is 37.4 Å². The van der Waals surface area contributed by atoms with Crippen molar-refractivity contribution in [2.75, 3.05) is 6.54 Å². The van der Waals surface area contributed by atoms with Crippen molar-refractivity contribution in [1.82, 2.24) is 5.32 Å². The van der Waals surface area contributed by atoms with E-state index >= 15 is 0 Å². The van der Waals surface area contributed by atoms with E-state index in [0.717, 1.165) is 19.4 Å². The van der Waals surface area contributed by atoms with E-state index in [1.165, 1.54) is 9.75 Å². The molecule has 0 spiro atoms. The number of rotatable bonds is 7. The summed E-state index contributed by atoms with van der Waals surface area (Å²) in [4.78, 5) is 2.94. The molecular formula is C15H25NS. The van der Waals surface area contributed by atoms with Gasteiger partial charge in [-0.25, -0.2) is 0 Å². The molecule has 0 bridgehead atoms. The maximum atomic E-state index is 4.00. The van der Waals surface area contributed by atoms with Crippen molar-refractivity contribution in [2.24, 2.45) is 5.41 Å². The highest BCUT2D eigenvalue weighted by molar-refractivity contribution is 7.11. The lowest BCUT2D eigenvalue weighted by molar-refractivity contribution is 0.376. The van der Waals surface area contributed by atoms with Gasteiger partial charge < -0.3 is 5.32 Å². The van der Waals surface area contributed by atoms with Crippen molar-refractivity contribution in [3.05, 3.63) is 34.5 Å². The van der Waals surface area contributed by atoms with Gasteiger partial charge in [-0.1, -0.05) is 33.8 Å². The summed E-state index contributed by atoms with van der Waals surface area (Å²) in [6.07, 6.45) is 4.31. The first-order valence-corrected chi connectivity index (χ1v) is 7.25. The first kappa shape index (κ1) is 14.5. The molecule has 0 fully saturated rings. The third-order valence-corrected chi connectivity index (χ3v) is 4.28. The molecule has 0 aliphatic carbocycles. The fraction of sp³-hybridized carbons (Fsp3) is 0.600. The molecule has 1 rings (SSSR count). The van der Waals surface area contributed by atoms with Gasteiger partial charge in [0.2, 0.25) is 0 Å². The molecule has 1 unspecified atom stereocenters. The standard InChI is InChI=1S/C15H25NS/c1-6-13-8-9-14(17-13)10-15(5,7-2)11-16-12(3)4/h7-9,12,16H,2,6,10-11H2,1,3-5H3. The predicted octanol–water partition coefficient (Wildman–Crippen LogP) is 4.04. The van der Waals surface area contributed by atoms with E-state index in [4.69, 9.17) is 0 Å². The van der Waals surface area contributed by atoms with Gasteiger partial charge in [0.05, 0.1) is 0 Å². The fourth-order valence-electron chi connectivity index (χ4n) is 1.75. The highest BCUT2D eigenvalue weighted by atomic mass is 32.1. The van der Waals surface area contributed by atoms with Crippen molar-refractivity contribution in [3.63, 3.8) is 0 Å². The average Bonchev–Trinajstić information content (AvgIpc) is 2.74. The third-order valence-electron chi connectivity index (χ3n) is 3.05. The lowest BCUT2D eigenvalue weighted by Crippen LogP contribution is -2.35. The highest BCUT2D eigenvalue weighted by Gasteiger charge is 2.21. The minimum Gasteiger partial charge on any atom is -0.314 e. The molecule has 1 aromatic rings. The molecular weight excluding hydrogens is 226 g/mol. The van der Waals surface area contributed by atoms with E-state index in [1.807, 2.05) is 11.3 Å². The summed E-state index contributed by atoms with van der Waals surface area (Å²) in [5, 5.41) is 3.51. The van der Waals surface area contributed by atoms with Gasteiger partial charge in [0, 0.05) is 27.8 Å². The zero-order valence-electron chi connectivity index (χ0n) is 11.5. The first-order valence-electron chi connectivity index (χ1n) is 6.43. The second-order valence-electron chi connectivity index (χ2n) is 5.29. The minimum atomic E-state index is 0.153. The zero-order valence-corrected chi connectivity index (χ0v) is 12.4. The van der Waals surface area contributed by atoms with Crippen LogP contribution in [0.2, 0.25) is 0 Å². The first-order chi connectivity index (χ1) is 7.99. The van der Waals surface area contributed by atoms with Crippen molar-refractivity contribution < 1.29 is 0 Å². The van der Waals surface area contributed by atoms with Crippen molar-refractivity contribution in [3.8, 4) is 0 Å². The predicted molar refractivity (Wildman–Crippen MR) is 78.8 cm³/mol. The molecule has 1 atom stereocenters. The maximum Gasteiger partial charge on any atom is 0.00571 e. The Morgan fingerprint density at radius 2 is 2.06 bits per heavy atom. The van der Waals surface area contributed by atoms with Crippen LogP contribution in [-0.2, 0) is 12.8 Å². The summed E-state index contributed by atoms with van der Waals surface area (Å²) in [5.74, 6) is 0. The van der Waals surface area contributed by atoms with Gasteiger partial charge in [-0.2, -0.15) is 0 Å². The Bertz CT molecular complexity index is 354. The number of thiophene rings is 1. The van der Waals surface area contributed by atoms with Gasteiger partial charge >= 0.3 is 0 Å². The van der Waals surface area contributed by atoms with Crippen molar-refractivity contribution >= 4 is 11.3 Å². The Kier molecular flexibility index (Phi) is 5.41. The molecule has 0 aliphatic heterocycles. The second kappa shape index (κ2) is 6.36. The van der Waals surface area contributed by atoms with Crippen LogP contribution in [0.25, 0.3) is 0 Å². The van der Waals surface area contributed by atoms with Crippen LogP contribution in [0.3, 0.4) is 0 Å². The van der Waals surface area contributed by atoms with Crippen molar-refractivity contribution in [2.45, 2.75) is 46.6 Å². The topological polar surface area (TPSA) is 12.0 Å². The molecule has 17 heavy (non-hydrogen) atoms. The van der Waals surface area contributed by atoms with Gasteiger partial charge in [-0.3, -0.25) is 0 Å². The molecule has 0 aliphatic rings. The van der Waals surface area contributed by atoms with Crippen LogP contribution in [0.5, 0.6) is 0 Å². The molecule has 0 amide bonds. The summed E-state index contributed by atoms with van der Waals surface area (Å²) in [7, 11) is 0. The van der Waals surface area contributed by atoms with Crippen LogP contribution >= 0.6 is 11.3 Å². The average molecular weight is 251 g/mol. The molecule has 1 nitrogen and oxygen atoms in total. The molecule has 0 radical (unpaired) electrons. The van der Waals surface area contributed by atoms with E-state index in [-0.39, 0.29) is 5.41 Å². The molecule has 1 heterocycles. The fourth-order valence-corrected chi connectivity index (χ4v) is 2.90. The number of nitrogens with one attached hydrogen (secondary N) is 1. The lowest BCUT2D eigenvalue weighted by Gasteiger charge is -2.27. The van der Waals surface area contributed by atoms with Gasteiger partial charge in [-0.15, -0.1) is 17.9 Å². The largest absolute Gasteiger partial charge is 0.314 e. The summed E-state index contributed by atoms with van der Waals surface area (Å²) in [6.45, 7) is 13.9. The van der Waals surface area contributed by atoms with E-state index in [0.29, 0.717) is 6.04 Å². The highest BCUT2D eigenvalue weighted by Crippen LogP contribution is 2.28. The Hall–Kier alpha value is -0.600. The third kappa shape index (κ3) is 4.64. The molecule has 0 saturated carbocycles. The summed E-state index contributed by atoms with van der Waals surface area (Å²) in [6, 6.07) is 5.05. The lowest BCUT2D eigenvalue weighted by atomic mass is 9.86. The minimum absolute atomic E-state index is 0.153. The van der Waals surface area contributed by atoms with Crippen LogP contribution in [0, 0.1) is 5.41 Å². The molecule has 0 saturated heterocycles. The summed E-state index contributed by atoms with van der Waals surface area (Å²) >= 11 is 1.93. The molecule has 2 heteroatoms. The monoisotopic (exact) mass is 251 g/mol. The smallest absolute Gasteiger partial charge is 0.00571 e. The number of hydrogen-bond acceptors (Lipinski definition) is 2. The van der Waals surface area contributed by atoms with Crippen molar-refractivity contribution in [1.29, 1.82) is 0 Å². The second-order valence-corrected chi connectivity index (χ2v) is 6.54. The molecule has 1 aromatic heterocycles. The van der Waals surface area contributed by atoms with E-state index < -0.39 is 0 Å². The Morgan fingerprint density at radius 3 is 2.53 bits per heavy atom. The number of hydrogen-bond donors (Lipinski definition) is 1. The maximum absolute atomic E-state index is 4.00. The SMILES string of the molecule is C=CC(C)(CNC(C)C)Cc1ccc(CC)s1. The van der Waals surface area contributed by atoms with Crippen LogP contribution in [0.15, 0.2) is 24.8 Å². The van der Waals surface area contributed by atoms with Gasteiger partial charge in [0.15, 0.2) is 0 Å². The quantitative estimate of drug-likeness (QED) is 0.721. The van der Waals surface area contributed by atoms with E-state index in [2.05, 4.69) is 57.8 Å².